The van der Waals surface area contributed by atoms with Crippen LogP contribution >= 0.6 is 0 Å². The zero-order valence-corrected chi connectivity index (χ0v) is 46.1. The van der Waals surface area contributed by atoms with Gasteiger partial charge in [-0.2, -0.15) is 0 Å². The number of hydrogen-bond donors (Lipinski definition) is 2. The predicted octanol–water partition coefficient (Wildman–Crippen LogP) is 14.1. The molecule has 0 bridgehead atoms. The van der Waals surface area contributed by atoms with Gasteiger partial charge in [0.2, 0.25) is 11.7 Å². The number of non-ortho nitro benzene ring substituents is 1. The Kier molecular flexibility index (Phi) is 21.3. The summed E-state index contributed by atoms with van der Waals surface area (Å²) in [5.74, 6) is -0.531. The molecule has 5 aromatic rings. The Morgan fingerprint density at radius 3 is 2.29 bits per heavy atom. The standard InChI is InChI=1S/C65H79N3O11/c1-4-6-7-8-9-10-11-12-13-27-62(72)67(43-49-24-20-23-47-21-14-15-25-54(47)49)61-42-58(66-77-45-46-28-30-51(31-29-46)68(73)74)56-40-48(22-16-18-36-69)55(26-17-19-37-70)63-57-41-53(78-52-32-34-59(75-3)50(39-52)44-71)33-35-60(57)79-65(61,64(56)63)76-38-5-2/h5,14-15,20-21,23-25,28-35,39-41,44,48,55,61,63-64,69-70H,2,4,6-13,16-19,22,26-27,36-38,42-43,45H2,1,3H3. The molecule has 1 saturated carbocycles. The van der Waals surface area contributed by atoms with Gasteiger partial charge in [-0.3, -0.25) is 19.7 Å². The van der Waals surface area contributed by atoms with E-state index in [2.05, 4.69) is 43.8 Å². The van der Waals surface area contributed by atoms with Gasteiger partial charge in [0.1, 0.15) is 35.6 Å². The number of rotatable bonds is 32. The van der Waals surface area contributed by atoms with E-state index in [9.17, 15) is 25.1 Å². The fourth-order valence-corrected chi connectivity index (χ4v) is 12.3. The second-order valence-corrected chi connectivity index (χ2v) is 21.3. The highest BCUT2D eigenvalue weighted by Gasteiger charge is 2.65. The number of amides is 1. The summed E-state index contributed by atoms with van der Waals surface area (Å²) in [7, 11) is 1.51. The van der Waals surface area contributed by atoms with Crippen LogP contribution in [-0.4, -0.2) is 76.7 Å². The number of aliphatic hydroxyl groups is 2. The molecule has 5 aromatic carbocycles. The number of nitro benzene ring substituents is 1. The molecule has 79 heavy (non-hydrogen) atoms. The molecule has 1 amide bonds. The van der Waals surface area contributed by atoms with Crippen LogP contribution < -0.4 is 14.2 Å². The van der Waals surface area contributed by atoms with Gasteiger partial charge in [0, 0.05) is 56.2 Å². The van der Waals surface area contributed by atoms with Crippen molar-refractivity contribution in [3.63, 3.8) is 0 Å². The van der Waals surface area contributed by atoms with Gasteiger partial charge in [0.25, 0.3) is 5.69 Å². The summed E-state index contributed by atoms with van der Waals surface area (Å²) < 4.78 is 27.0. The maximum atomic E-state index is 15.7. The Labute approximate surface area is 465 Å². The molecule has 14 heteroatoms. The lowest BCUT2D eigenvalue weighted by atomic mass is 9.55. The lowest BCUT2D eigenvalue weighted by molar-refractivity contribution is -0.384. The molecule has 0 spiro atoms. The number of aldehydes is 1. The molecule has 6 unspecified atom stereocenters. The highest BCUT2D eigenvalue weighted by Crippen LogP contribution is 2.62. The summed E-state index contributed by atoms with van der Waals surface area (Å²) in [6.45, 7) is 6.86. The molecule has 8 rings (SSSR count). The molecule has 1 aliphatic heterocycles. The molecule has 1 heterocycles. The second kappa shape index (κ2) is 28.8. The van der Waals surface area contributed by atoms with Crippen molar-refractivity contribution in [1.29, 1.82) is 0 Å². The number of unbranched alkanes of at least 4 members (excludes halogenated alkanes) is 10. The molecule has 0 saturated heterocycles. The van der Waals surface area contributed by atoms with Gasteiger partial charge < -0.3 is 38.9 Å². The number of benzene rings is 5. The number of ether oxygens (including phenoxy) is 4. The van der Waals surface area contributed by atoms with Gasteiger partial charge in [-0.15, -0.1) is 6.58 Å². The number of nitrogens with zero attached hydrogens (tertiary/aromatic N) is 3. The molecular formula is C65H79N3O11. The van der Waals surface area contributed by atoms with Gasteiger partial charge in [-0.25, -0.2) is 0 Å². The normalized spacial score (nSPS) is 20.6. The third-order valence-electron chi connectivity index (χ3n) is 16.2. The second-order valence-electron chi connectivity index (χ2n) is 21.3. The number of nitro groups is 1. The SMILES string of the molecule is C=CCOC12Oc3ccc(Oc4ccc(OC)c(C=O)c4)cc3C3C(CCCCO)C(CCCCO)C=C(C(=NOCc4ccc([N+](=O)[O-])cc4)CC1N(Cc1cccc4ccccc14)C(=O)CCCCCCCCCCC)C32. The van der Waals surface area contributed by atoms with Crippen molar-refractivity contribution in [2.75, 3.05) is 26.9 Å². The molecule has 1 fully saturated rings. The zero-order valence-electron chi connectivity index (χ0n) is 46.1. The Hall–Kier alpha value is -6.87. The third-order valence-corrected chi connectivity index (χ3v) is 16.2. The average molecular weight is 1080 g/mol. The molecule has 2 N–H and O–H groups in total. The van der Waals surface area contributed by atoms with Crippen LogP contribution in [0.3, 0.4) is 0 Å². The van der Waals surface area contributed by atoms with Crippen LogP contribution in [0.1, 0.15) is 149 Å². The van der Waals surface area contributed by atoms with Crippen LogP contribution in [0.4, 0.5) is 5.69 Å². The van der Waals surface area contributed by atoms with Crippen LogP contribution in [-0.2, 0) is 27.5 Å². The fourth-order valence-electron chi connectivity index (χ4n) is 12.3. The first-order chi connectivity index (χ1) is 38.7. The minimum Gasteiger partial charge on any atom is -0.496 e. The summed E-state index contributed by atoms with van der Waals surface area (Å²) in [6.07, 6.45) is 19.5. The van der Waals surface area contributed by atoms with Gasteiger partial charge in [0.15, 0.2) is 6.29 Å². The minimum atomic E-state index is -1.50. The molecule has 2 aliphatic carbocycles. The van der Waals surface area contributed by atoms with E-state index in [0.717, 1.165) is 85.1 Å². The van der Waals surface area contributed by atoms with Crippen LogP contribution in [0, 0.1) is 27.9 Å². The Morgan fingerprint density at radius 2 is 1.57 bits per heavy atom. The van der Waals surface area contributed by atoms with Crippen molar-refractivity contribution in [2.24, 2.45) is 22.9 Å². The van der Waals surface area contributed by atoms with Crippen molar-refractivity contribution in [2.45, 2.75) is 147 Å². The summed E-state index contributed by atoms with van der Waals surface area (Å²) >= 11 is 0. The number of fused-ring (bicyclic) bond motifs is 3. The van der Waals surface area contributed by atoms with Crippen molar-refractivity contribution < 1.29 is 48.5 Å². The van der Waals surface area contributed by atoms with Crippen molar-refractivity contribution >= 4 is 34.4 Å². The zero-order chi connectivity index (χ0) is 55.6. The van der Waals surface area contributed by atoms with Crippen LogP contribution in [0.2, 0.25) is 0 Å². The van der Waals surface area contributed by atoms with E-state index in [1.807, 2.05) is 41.3 Å². The Bertz CT molecular complexity index is 2900. The highest BCUT2D eigenvalue weighted by molar-refractivity contribution is 6.03. The molecule has 3 aliphatic rings. The Morgan fingerprint density at radius 1 is 0.861 bits per heavy atom. The highest BCUT2D eigenvalue weighted by atomic mass is 16.7. The lowest BCUT2D eigenvalue weighted by Gasteiger charge is -2.60. The van der Waals surface area contributed by atoms with E-state index in [4.69, 9.17) is 28.9 Å². The maximum absolute atomic E-state index is 15.7. The first kappa shape index (κ1) is 58.3. The van der Waals surface area contributed by atoms with Gasteiger partial charge in [-0.1, -0.05) is 131 Å². The number of methoxy groups -OCH3 is 1. The lowest BCUT2D eigenvalue weighted by Crippen LogP contribution is -2.70. The summed E-state index contributed by atoms with van der Waals surface area (Å²) in [5, 5.41) is 39.0. The quantitative estimate of drug-likeness (QED) is 0.0138. The molecule has 14 nitrogen and oxygen atoms in total. The first-order valence-corrected chi connectivity index (χ1v) is 28.7. The number of carbonyl (C=O) groups excluding carboxylic acids is 2. The molecule has 0 radical (unpaired) electrons. The molecule has 6 atom stereocenters. The maximum Gasteiger partial charge on any atom is 0.269 e. The molecular weight excluding hydrogens is 999 g/mol. The van der Waals surface area contributed by atoms with E-state index in [1.165, 1.54) is 51.3 Å². The number of allylic oxidation sites excluding steroid dienone is 1. The Balaban J connectivity index is 1.30. The van der Waals surface area contributed by atoms with E-state index in [-0.39, 0.29) is 68.7 Å². The topological polar surface area (TPSA) is 179 Å². The average Bonchev–Trinajstić information content (AvgIpc) is 3.65. The van der Waals surface area contributed by atoms with Crippen LogP contribution in [0.25, 0.3) is 10.8 Å². The number of hydrogen-bond acceptors (Lipinski definition) is 12. The van der Waals surface area contributed by atoms with E-state index < -0.39 is 22.7 Å². The van der Waals surface area contributed by atoms with Gasteiger partial charge in [-0.05, 0) is 120 Å². The largest absolute Gasteiger partial charge is 0.496 e. The number of aliphatic hydroxyl groups excluding tert-OH is 2. The van der Waals surface area contributed by atoms with Gasteiger partial charge >= 0.3 is 0 Å². The third kappa shape index (κ3) is 14.1. The summed E-state index contributed by atoms with van der Waals surface area (Å²) in [5.41, 5.74) is 4.38. The van der Waals surface area contributed by atoms with Crippen LogP contribution in [0.5, 0.6) is 23.0 Å². The van der Waals surface area contributed by atoms with E-state index in [0.29, 0.717) is 59.1 Å². The molecule has 0 aromatic heterocycles. The molecule has 420 valence electrons. The monoisotopic (exact) mass is 1080 g/mol. The summed E-state index contributed by atoms with van der Waals surface area (Å²) in [4.78, 5) is 47.3. The van der Waals surface area contributed by atoms with Crippen LogP contribution in [0.15, 0.2) is 133 Å². The minimum absolute atomic E-state index is 0.0256. The number of oxime groups is 1. The number of carbonyl (C=O) groups is 2. The van der Waals surface area contributed by atoms with Crippen molar-refractivity contribution in [1.82, 2.24) is 4.90 Å². The van der Waals surface area contributed by atoms with Gasteiger partial charge in [0.05, 0.1) is 35.8 Å². The van der Waals surface area contributed by atoms with E-state index >= 15 is 4.79 Å². The van der Waals surface area contributed by atoms with Crippen molar-refractivity contribution in [3.8, 4) is 23.0 Å². The smallest absolute Gasteiger partial charge is 0.269 e. The fraction of sp³-hybridized carbons (Fsp3) is 0.462. The van der Waals surface area contributed by atoms with E-state index in [1.54, 1.807) is 36.4 Å². The first-order valence-electron chi connectivity index (χ1n) is 28.7. The van der Waals surface area contributed by atoms with Crippen molar-refractivity contribution in [3.05, 3.63) is 160 Å². The summed E-state index contributed by atoms with van der Waals surface area (Å²) in [6, 6.07) is 30.8. The predicted molar refractivity (Wildman–Crippen MR) is 308 cm³/mol.